The Morgan fingerprint density at radius 3 is 2.55 bits per heavy atom. The summed E-state index contributed by atoms with van der Waals surface area (Å²) in [5, 5.41) is 2.99. The van der Waals surface area contributed by atoms with E-state index in [-0.39, 0.29) is 0 Å². The zero-order chi connectivity index (χ0) is 8.48. The largest absolute Gasteiger partial charge is 0.324 e. The Bertz CT molecular complexity index is 132. The molecule has 1 unspecified atom stereocenters. The summed E-state index contributed by atoms with van der Waals surface area (Å²) < 4.78 is 24.4. The number of rotatable bonds is 2. The fraction of sp³-hybridized carbons (Fsp3) is 1.00. The predicted octanol–water partition coefficient (Wildman–Crippen LogP) is 0.578. The van der Waals surface area contributed by atoms with Gasteiger partial charge in [-0.3, -0.25) is 0 Å². The summed E-state index contributed by atoms with van der Waals surface area (Å²) in [4.78, 5) is 0. The molecule has 0 aromatic rings. The minimum atomic E-state index is -2.31. The maximum atomic E-state index is 12.2. The van der Waals surface area contributed by atoms with Gasteiger partial charge in [0.15, 0.2) is 0 Å². The van der Waals surface area contributed by atoms with Gasteiger partial charge < -0.3 is 11.1 Å². The van der Waals surface area contributed by atoms with Crippen molar-refractivity contribution in [1.29, 1.82) is 0 Å². The van der Waals surface area contributed by atoms with Crippen LogP contribution < -0.4 is 11.1 Å². The zero-order valence-corrected chi connectivity index (χ0v) is 6.61. The molecule has 1 saturated heterocycles. The monoisotopic (exact) mass is 164 g/mol. The van der Waals surface area contributed by atoms with Crippen LogP contribution in [0.2, 0.25) is 0 Å². The van der Waals surface area contributed by atoms with Crippen molar-refractivity contribution >= 4 is 0 Å². The molecule has 2 atom stereocenters. The highest BCUT2D eigenvalue weighted by Gasteiger charge is 2.39. The van der Waals surface area contributed by atoms with E-state index in [0.29, 0.717) is 13.0 Å². The van der Waals surface area contributed by atoms with E-state index in [0.717, 1.165) is 6.54 Å². The zero-order valence-electron chi connectivity index (χ0n) is 6.61. The lowest BCUT2D eigenvalue weighted by atomic mass is 9.86. The molecule has 66 valence electrons. The maximum absolute atomic E-state index is 12.2. The third-order valence-corrected chi connectivity index (χ3v) is 2.51. The molecule has 0 aliphatic carbocycles. The second-order valence-electron chi connectivity index (χ2n) is 3.28. The molecule has 1 rings (SSSR count). The standard InChI is InChI=1S/C7H14F2N2/c1-5(6(8)9)7(10)2-3-11-4-7/h5-6,11H,2-4,10H2,1H3/t5?,7-/m0/s1. The van der Waals surface area contributed by atoms with Gasteiger partial charge in [0.2, 0.25) is 6.43 Å². The van der Waals surface area contributed by atoms with Crippen LogP contribution in [0.1, 0.15) is 13.3 Å². The molecule has 3 N–H and O–H groups in total. The molecule has 1 aliphatic heterocycles. The third kappa shape index (κ3) is 1.68. The molecule has 1 aliphatic rings. The van der Waals surface area contributed by atoms with Gasteiger partial charge in [0.25, 0.3) is 0 Å². The fourth-order valence-electron chi connectivity index (χ4n) is 1.37. The molecule has 0 aromatic carbocycles. The van der Waals surface area contributed by atoms with Crippen LogP contribution >= 0.6 is 0 Å². The van der Waals surface area contributed by atoms with E-state index < -0.39 is 17.9 Å². The van der Waals surface area contributed by atoms with Gasteiger partial charge in [-0.15, -0.1) is 0 Å². The van der Waals surface area contributed by atoms with Crippen molar-refractivity contribution < 1.29 is 8.78 Å². The summed E-state index contributed by atoms with van der Waals surface area (Å²) in [7, 11) is 0. The molecular formula is C7H14F2N2. The quantitative estimate of drug-likeness (QED) is 0.626. The van der Waals surface area contributed by atoms with Crippen LogP contribution in [0.4, 0.5) is 8.78 Å². The molecule has 0 radical (unpaired) electrons. The minimum absolute atomic E-state index is 0.512. The van der Waals surface area contributed by atoms with Crippen molar-refractivity contribution in [3.8, 4) is 0 Å². The van der Waals surface area contributed by atoms with Gasteiger partial charge in [-0.25, -0.2) is 8.78 Å². The van der Waals surface area contributed by atoms with Crippen LogP contribution in [0, 0.1) is 5.92 Å². The Balaban J connectivity index is 2.56. The van der Waals surface area contributed by atoms with Crippen LogP contribution in [-0.4, -0.2) is 25.1 Å². The summed E-state index contributed by atoms with van der Waals surface area (Å²) in [6.45, 7) is 2.78. The summed E-state index contributed by atoms with van der Waals surface area (Å²) >= 11 is 0. The Labute approximate surface area is 65.1 Å². The first-order chi connectivity index (χ1) is 5.06. The number of alkyl halides is 2. The lowest BCUT2D eigenvalue weighted by molar-refractivity contribution is 0.0468. The van der Waals surface area contributed by atoms with Gasteiger partial charge >= 0.3 is 0 Å². The molecule has 1 fully saturated rings. The van der Waals surface area contributed by atoms with Gasteiger partial charge in [-0.05, 0) is 13.0 Å². The normalized spacial score (nSPS) is 34.6. The van der Waals surface area contributed by atoms with Gasteiger partial charge in [0.1, 0.15) is 0 Å². The molecule has 11 heavy (non-hydrogen) atoms. The predicted molar refractivity (Wildman–Crippen MR) is 39.6 cm³/mol. The highest BCUT2D eigenvalue weighted by atomic mass is 19.3. The number of nitrogens with one attached hydrogen (secondary N) is 1. The fourth-order valence-corrected chi connectivity index (χ4v) is 1.37. The Hall–Kier alpha value is -0.220. The highest BCUT2D eigenvalue weighted by molar-refractivity contribution is 4.97. The molecule has 0 saturated carbocycles. The Morgan fingerprint density at radius 2 is 2.18 bits per heavy atom. The molecule has 0 spiro atoms. The van der Waals surface area contributed by atoms with Gasteiger partial charge in [-0.2, -0.15) is 0 Å². The van der Waals surface area contributed by atoms with Crippen molar-refractivity contribution in [3.05, 3.63) is 0 Å². The Morgan fingerprint density at radius 1 is 1.55 bits per heavy atom. The van der Waals surface area contributed by atoms with Crippen LogP contribution in [0.25, 0.3) is 0 Å². The third-order valence-electron chi connectivity index (χ3n) is 2.51. The van der Waals surface area contributed by atoms with E-state index in [1.165, 1.54) is 6.92 Å². The van der Waals surface area contributed by atoms with E-state index in [2.05, 4.69) is 5.32 Å². The molecule has 1 heterocycles. The van der Waals surface area contributed by atoms with Crippen LogP contribution in [0.15, 0.2) is 0 Å². The number of hydrogen-bond donors (Lipinski definition) is 2. The molecule has 0 bridgehead atoms. The van der Waals surface area contributed by atoms with Crippen LogP contribution in [-0.2, 0) is 0 Å². The van der Waals surface area contributed by atoms with Crippen molar-refractivity contribution in [2.24, 2.45) is 11.7 Å². The smallest absolute Gasteiger partial charge is 0.242 e. The molecule has 2 nitrogen and oxygen atoms in total. The first kappa shape index (κ1) is 8.87. The molecular weight excluding hydrogens is 150 g/mol. The van der Waals surface area contributed by atoms with Gasteiger partial charge in [-0.1, -0.05) is 6.92 Å². The summed E-state index contributed by atoms with van der Waals surface area (Å²) in [6.07, 6.45) is -1.65. The van der Waals surface area contributed by atoms with Gasteiger partial charge in [0, 0.05) is 18.0 Å². The molecule has 0 aromatic heterocycles. The summed E-state index contributed by atoms with van der Waals surface area (Å²) in [5.74, 6) is -0.711. The first-order valence-electron chi connectivity index (χ1n) is 3.84. The molecule has 4 heteroatoms. The number of hydrogen-bond acceptors (Lipinski definition) is 2. The van der Waals surface area contributed by atoms with E-state index in [4.69, 9.17) is 5.73 Å². The van der Waals surface area contributed by atoms with Gasteiger partial charge in [0.05, 0.1) is 0 Å². The van der Waals surface area contributed by atoms with Crippen molar-refractivity contribution in [2.75, 3.05) is 13.1 Å². The van der Waals surface area contributed by atoms with E-state index >= 15 is 0 Å². The second kappa shape index (κ2) is 3.03. The SMILES string of the molecule is CC(C(F)F)[C@]1(N)CCNC1. The van der Waals surface area contributed by atoms with E-state index in [1.54, 1.807) is 0 Å². The van der Waals surface area contributed by atoms with Crippen molar-refractivity contribution in [3.63, 3.8) is 0 Å². The number of nitrogens with two attached hydrogens (primary N) is 1. The first-order valence-corrected chi connectivity index (χ1v) is 3.84. The highest BCUT2D eigenvalue weighted by Crippen LogP contribution is 2.26. The van der Waals surface area contributed by atoms with Crippen LogP contribution in [0.3, 0.4) is 0 Å². The second-order valence-corrected chi connectivity index (χ2v) is 3.28. The lowest BCUT2D eigenvalue weighted by Crippen LogP contribution is -2.50. The number of halogens is 2. The van der Waals surface area contributed by atoms with Crippen molar-refractivity contribution in [1.82, 2.24) is 5.32 Å². The van der Waals surface area contributed by atoms with E-state index in [1.807, 2.05) is 0 Å². The summed E-state index contributed by atoms with van der Waals surface area (Å²) in [6, 6.07) is 0. The topological polar surface area (TPSA) is 38.0 Å². The van der Waals surface area contributed by atoms with Crippen molar-refractivity contribution in [2.45, 2.75) is 25.3 Å². The lowest BCUT2D eigenvalue weighted by Gasteiger charge is -2.29. The molecule has 0 amide bonds. The van der Waals surface area contributed by atoms with Crippen LogP contribution in [0.5, 0.6) is 0 Å². The summed E-state index contributed by atoms with van der Waals surface area (Å²) in [5.41, 5.74) is 5.07. The average Bonchev–Trinajstić information content (AvgIpc) is 2.35. The Kier molecular flexibility index (Phi) is 2.44. The van der Waals surface area contributed by atoms with E-state index in [9.17, 15) is 8.78 Å². The maximum Gasteiger partial charge on any atom is 0.242 e. The minimum Gasteiger partial charge on any atom is -0.324 e. The average molecular weight is 164 g/mol.